The molecule has 0 aliphatic rings. The minimum absolute atomic E-state index is 0.0105. The Kier molecular flexibility index (Phi) is 29.3. The van der Waals surface area contributed by atoms with Gasteiger partial charge >= 0.3 is 17.9 Å². The van der Waals surface area contributed by atoms with Crippen LogP contribution in [0, 0.1) is 5.92 Å². The largest absolute Gasteiger partial charge is 0.481 e. The summed E-state index contributed by atoms with van der Waals surface area (Å²) < 4.78 is 56.5. The Morgan fingerprint density at radius 1 is 0.680 bits per heavy atom. The molecule has 0 aliphatic carbocycles. The third-order valence-electron chi connectivity index (χ3n) is 10.0. The van der Waals surface area contributed by atoms with Gasteiger partial charge in [-0.3, -0.25) is 57.7 Å². The van der Waals surface area contributed by atoms with Crippen molar-refractivity contribution in [3.05, 3.63) is 54.1 Å². The van der Waals surface area contributed by atoms with Crippen LogP contribution < -0.4 is 37.3 Å². The number of nitrogens with two attached hydrogens (primary N) is 3. The number of sulfonamides is 2. The fourth-order valence-electron chi connectivity index (χ4n) is 6.28. The zero-order valence-electron chi connectivity index (χ0n) is 40.3. The molecule has 0 radical (unpaired) electrons. The highest BCUT2D eigenvalue weighted by Gasteiger charge is 2.28. The van der Waals surface area contributed by atoms with E-state index in [-0.39, 0.29) is 105 Å². The van der Waals surface area contributed by atoms with Crippen molar-refractivity contribution in [2.75, 3.05) is 89.0 Å². The van der Waals surface area contributed by atoms with E-state index in [0.717, 1.165) is 10.8 Å². The summed E-state index contributed by atoms with van der Waals surface area (Å²) in [6, 6.07) is 7.09. The number of anilines is 1. The van der Waals surface area contributed by atoms with E-state index >= 15 is 0 Å². The Balaban J connectivity index is 1.91. The van der Waals surface area contributed by atoms with E-state index in [2.05, 4.69) is 26.0 Å². The summed E-state index contributed by atoms with van der Waals surface area (Å²) in [6.07, 6.45) is -1.13. The number of nitrogens with one attached hydrogen (secondary N) is 4. The van der Waals surface area contributed by atoms with Gasteiger partial charge in [-0.2, -0.15) is 0 Å². The van der Waals surface area contributed by atoms with E-state index in [1.54, 1.807) is 0 Å². The number of amides is 4. The monoisotopic (exact) mass is 1140 g/mol. The lowest BCUT2D eigenvalue weighted by Crippen LogP contribution is -2.55. The summed E-state index contributed by atoms with van der Waals surface area (Å²) in [5.41, 5.74) is 6.50. The average molecular weight is 1140 g/mol. The summed E-state index contributed by atoms with van der Waals surface area (Å²) in [7, 11) is -5.61. The molecule has 416 valence electrons. The SMILES string of the molecule is N[C@@H](CNC(=O)CCOCCCC(=O)CN(CCN(CC(=O)O)CC(=O)Nc1ccc(S(N)(=O)=O)cc1)CC(=O)Cc1ccc(S(N)(=O)=O)cc1)C(=O)N[C@H](CC(=O)O)C(=O)NC[C@@H](CSSCCOC=O)C(=O)O. The maximum Gasteiger partial charge on any atom is 0.317 e. The smallest absolute Gasteiger partial charge is 0.317 e. The highest BCUT2D eigenvalue weighted by atomic mass is 33.1. The van der Waals surface area contributed by atoms with E-state index in [1.807, 2.05) is 0 Å². The molecule has 0 bridgehead atoms. The standard InChI is InChI=1S/C43H61N9O19S4/c44-35(41(62)50-36(19-39(58)59)42(63)48-20-29(43(64)65)26-73-72-17-16-71-27-53)21-47-37(56)11-15-70-14-1-2-31(54)22-51(23-32(55)18-28-3-7-33(8-4-28)74(45,66)67)12-13-52(25-40(60)61)24-38(57)49-30-5-9-34(10-6-30)75(46,68)69/h3-10,27,29,35-36H,1-2,11-26,44H2,(H,47,56)(H,48,63)(H,49,57)(H,50,62)(H,58,59)(H,60,61)(H,64,65)(H2,45,66,67)(H2,46,68,69)/t29-,35-,36+/m0/s1. The average Bonchev–Trinajstić information content (AvgIpc) is 3.31. The van der Waals surface area contributed by atoms with Gasteiger partial charge in [-0.1, -0.05) is 33.7 Å². The predicted molar refractivity (Wildman–Crippen MR) is 269 cm³/mol. The van der Waals surface area contributed by atoms with Crippen molar-refractivity contribution in [1.82, 2.24) is 25.8 Å². The summed E-state index contributed by atoms with van der Waals surface area (Å²) in [5, 5.41) is 48.1. The van der Waals surface area contributed by atoms with Crippen LogP contribution in [-0.4, -0.2) is 197 Å². The maximum absolute atomic E-state index is 13.2. The third kappa shape index (κ3) is 28.4. The van der Waals surface area contributed by atoms with Crippen LogP contribution in [0.15, 0.2) is 58.3 Å². The molecule has 2 rings (SSSR count). The Morgan fingerprint density at radius 3 is 1.85 bits per heavy atom. The van der Waals surface area contributed by atoms with Gasteiger partial charge in [0, 0.05) is 69.2 Å². The number of hydrogen-bond acceptors (Lipinski definition) is 21. The third-order valence-corrected chi connectivity index (χ3v) is 14.3. The summed E-state index contributed by atoms with van der Waals surface area (Å²) >= 11 is 0. The van der Waals surface area contributed by atoms with Crippen molar-refractivity contribution in [3.8, 4) is 0 Å². The summed E-state index contributed by atoms with van der Waals surface area (Å²) in [6.45, 7) is -2.40. The molecule has 0 saturated heterocycles. The van der Waals surface area contributed by atoms with Crippen molar-refractivity contribution in [2.45, 2.75) is 54.0 Å². The first-order valence-electron chi connectivity index (χ1n) is 22.4. The number of carboxylic acids is 3. The van der Waals surface area contributed by atoms with Gasteiger partial charge in [-0.25, -0.2) is 27.1 Å². The topological polar surface area (TPSA) is 451 Å². The molecular formula is C43H61N9O19S4. The number of hydrogen-bond donors (Lipinski definition) is 10. The maximum atomic E-state index is 13.2. The van der Waals surface area contributed by atoms with E-state index < -0.39 is 118 Å². The van der Waals surface area contributed by atoms with E-state index in [9.17, 15) is 80.1 Å². The molecular weight excluding hydrogens is 1070 g/mol. The second kappa shape index (κ2) is 33.7. The number of carbonyl (C=O) groups is 10. The first kappa shape index (κ1) is 65.0. The number of ether oxygens (including phenoxy) is 2. The molecule has 28 nitrogen and oxygen atoms in total. The molecule has 0 spiro atoms. The molecule has 3 atom stereocenters. The van der Waals surface area contributed by atoms with E-state index in [1.165, 1.54) is 69.1 Å². The van der Waals surface area contributed by atoms with Crippen LogP contribution in [0.5, 0.6) is 0 Å². The first-order valence-corrected chi connectivity index (χ1v) is 28.0. The van der Waals surface area contributed by atoms with Crippen LogP contribution in [0.2, 0.25) is 0 Å². The van der Waals surface area contributed by atoms with Crippen LogP contribution in [-0.2, 0) is 83.9 Å². The number of rotatable bonds is 40. The van der Waals surface area contributed by atoms with Crippen molar-refractivity contribution in [1.29, 1.82) is 0 Å². The molecule has 4 amide bonds. The Bertz CT molecular complexity index is 2510. The van der Waals surface area contributed by atoms with Crippen LogP contribution >= 0.6 is 21.6 Å². The first-order chi connectivity index (χ1) is 35.3. The molecule has 0 unspecified atom stereocenters. The lowest BCUT2D eigenvalue weighted by atomic mass is 10.1. The highest BCUT2D eigenvalue weighted by Crippen LogP contribution is 2.24. The Hall–Kier alpha value is -6.10. The lowest BCUT2D eigenvalue weighted by Gasteiger charge is -2.26. The van der Waals surface area contributed by atoms with Gasteiger partial charge in [-0.15, -0.1) is 0 Å². The molecule has 0 heterocycles. The second-order valence-corrected chi connectivity index (χ2v) is 22.0. The van der Waals surface area contributed by atoms with Gasteiger partial charge in [0.2, 0.25) is 43.7 Å². The number of carbonyl (C=O) groups excluding carboxylic acids is 7. The zero-order chi connectivity index (χ0) is 56.1. The number of primary sulfonamides is 2. The summed E-state index contributed by atoms with van der Waals surface area (Å²) in [5.74, 6) is -8.65. The lowest BCUT2D eigenvalue weighted by molar-refractivity contribution is -0.143. The van der Waals surface area contributed by atoms with Crippen molar-refractivity contribution < 1.29 is 89.6 Å². The zero-order valence-corrected chi connectivity index (χ0v) is 43.6. The molecule has 0 fully saturated rings. The fraction of sp³-hybridized carbons (Fsp3) is 0.488. The number of carboxylic acid groups (broad SMARTS) is 3. The highest BCUT2D eigenvalue weighted by molar-refractivity contribution is 8.76. The molecule has 13 N–H and O–H groups in total. The summed E-state index contributed by atoms with van der Waals surface area (Å²) in [4.78, 5) is 125. The van der Waals surface area contributed by atoms with Crippen LogP contribution in [0.25, 0.3) is 0 Å². The second-order valence-electron chi connectivity index (χ2n) is 16.3. The fourth-order valence-corrected chi connectivity index (χ4v) is 9.45. The van der Waals surface area contributed by atoms with Crippen molar-refractivity contribution >= 4 is 107 Å². The van der Waals surface area contributed by atoms with Crippen molar-refractivity contribution in [3.63, 3.8) is 0 Å². The molecule has 75 heavy (non-hydrogen) atoms. The normalized spacial score (nSPS) is 12.7. The number of aliphatic carboxylic acids is 3. The molecule has 0 aromatic heterocycles. The van der Waals surface area contributed by atoms with Gasteiger partial charge in [-0.05, 0) is 48.4 Å². The van der Waals surface area contributed by atoms with Crippen molar-refractivity contribution in [2.24, 2.45) is 21.9 Å². The molecule has 2 aromatic carbocycles. The van der Waals surface area contributed by atoms with Gasteiger partial charge in [0.15, 0.2) is 5.78 Å². The number of Topliss-reactive ketones (excluding diaryl/α,β-unsaturated/α-hetero) is 2. The molecule has 0 saturated carbocycles. The van der Waals surface area contributed by atoms with Crippen LogP contribution in [0.3, 0.4) is 0 Å². The molecule has 2 aromatic rings. The van der Waals surface area contributed by atoms with Gasteiger partial charge in [0.05, 0.1) is 54.9 Å². The van der Waals surface area contributed by atoms with E-state index in [4.69, 9.17) is 20.7 Å². The quantitative estimate of drug-likeness (QED) is 0.0180. The number of benzene rings is 2. The van der Waals surface area contributed by atoms with Gasteiger partial charge < -0.3 is 51.8 Å². The number of ketones is 2. The van der Waals surface area contributed by atoms with Crippen LogP contribution in [0.1, 0.15) is 31.2 Å². The van der Waals surface area contributed by atoms with Gasteiger partial charge in [0.1, 0.15) is 24.5 Å². The Morgan fingerprint density at radius 2 is 1.28 bits per heavy atom. The predicted octanol–water partition coefficient (Wildman–Crippen LogP) is -3.05. The molecule has 0 aliphatic heterocycles. The minimum Gasteiger partial charge on any atom is -0.481 e. The van der Waals surface area contributed by atoms with Crippen LogP contribution in [0.4, 0.5) is 5.69 Å². The number of nitrogens with zero attached hydrogens (tertiary/aromatic N) is 2. The minimum atomic E-state index is -4.00. The molecule has 32 heteroatoms. The van der Waals surface area contributed by atoms with E-state index in [0.29, 0.717) is 11.3 Å². The van der Waals surface area contributed by atoms with Gasteiger partial charge in [0.25, 0.3) is 6.47 Å². The Labute approximate surface area is 439 Å².